The van der Waals surface area contributed by atoms with E-state index < -0.39 is 0 Å². The van der Waals surface area contributed by atoms with Crippen molar-refractivity contribution in [1.82, 2.24) is 10.2 Å². The molecule has 2 amide bonds. The van der Waals surface area contributed by atoms with E-state index in [1.165, 1.54) is 0 Å². The maximum absolute atomic E-state index is 12.7. The molecule has 0 spiro atoms. The molecule has 1 aliphatic heterocycles. The van der Waals surface area contributed by atoms with Crippen LogP contribution in [0.4, 0.5) is 0 Å². The number of nitrogens with one attached hydrogen (secondary N) is 1. The van der Waals surface area contributed by atoms with Crippen molar-refractivity contribution < 1.29 is 9.59 Å². The van der Waals surface area contributed by atoms with Crippen molar-refractivity contribution in [3.05, 3.63) is 35.4 Å². The van der Waals surface area contributed by atoms with Crippen LogP contribution >= 0.6 is 12.4 Å². The summed E-state index contributed by atoms with van der Waals surface area (Å²) in [6.07, 6.45) is 3.32. The number of hydrogen-bond acceptors (Lipinski definition) is 3. The summed E-state index contributed by atoms with van der Waals surface area (Å²) in [4.78, 5) is 27.0. The zero-order chi connectivity index (χ0) is 18.4. The topological polar surface area (TPSA) is 75.4 Å². The number of carbonyl (C=O) groups excluding carboxylic acids is 2. The van der Waals surface area contributed by atoms with Crippen molar-refractivity contribution in [3.63, 3.8) is 0 Å². The maximum atomic E-state index is 12.7. The zero-order valence-electron chi connectivity index (χ0n) is 16.1. The molecule has 1 atom stereocenters. The number of amides is 2. The lowest BCUT2D eigenvalue weighted by molar-refractivity contribution is -0.126. The first-order valence-electron chi connectivity index (χ1n) is 9.31. The second kappa shape index (κ2) is 9.93. The summed E-state index contributed by atoms with van der Waals surface area (Å²) in [6.45, 7) is 7.76. The van der Waals surface area contributed by atoms with Crippen molar-refractivity contribution in [2.75, 3.05) is 19.6 Å². The predicted molar refractivity (Wildman–Crippen MR) is 108 cm³/mol. The first kappa shape index (κ1) is 22.5. The Kier molecular flexibility index (Phi) is 8.57. The quantitative estimate of drug-likeness (QED) is 0.795. The Balaban J connectivity index is 0.00000338. The molecule has 0 aliphatic carbocycles. The van der Waals surface area contributed by atoms with Crippen LogP contribution in [0.3, 0.4) is 0 Å². The fourth-order valence-electron chi connectivity index (χ4n) is 3.16. The van der Waals surface area contributed by atoms with Gasteiger partial charge in [-0.3, -0.25) is 9.59 Å². The van der Waals surface area contributed by atoms with E-state index in [1.54, 1.807) is 4.90 Å². The summed E-state index contributed by atoms with van der Waals surface area (Å²) in [5.74, 6) is -0.132. The van der Waals surface area contributed by atoms with E-state index in [9.17, 15) is 9.59 Å². The monoisotopic (exact) mass is 381 g/mol. The van der Waals surface area contributed by atoms with Gasteiger partial charge in [-0.1, -0.05) is 31.5 Å². The van der Waals surface area contributed by atoms with E-state index in [4.69, 9.17) is 5.73 Å². The fourth-order valence-corrected chi connectivity index (χ4v) is 3.16. The van der Waals surface area contributed by atoms with Gasteiger partial charge in [0.15, 0.2) is 0 Å². The minimum Gasteiger partial charge on any atom is -0.354 e. The van der Waals surface area contributed by atoms with Crippen LogP contribution in [0.25, 0.3) is 0 Å². The summed E-state index contributed by atoms with van der Waals surface area (Å²) >= 11 is 0. The van der Waals surface area contributed by atoms with Gasteiger partial charge < -0.3 is 16.0 Å². The molecule has 146 valence electrons. The molecule has 0 radical (unpaired) electrons. The number of piperidine rings is 1. The van der Waals surface area contributed by atoms with E-state index in [2.05, 4.69) is 5.32 Å². The second-order valence-electron chi connectivity index (χ2n) is 7.24. The van der Waals surface area contributed by atoms with E-state index >= 15 is 0 Å². The Morgan fingerprint density at radius 2 is 1.85 bits per heavy atom. The van der Waals surface area contributed by atoms with E-state index in [-0.39, 0.29) is 35.7 Å². The molecule has 6 heteroatoms. The SMILES string of the molecule is CCC(N)(CC)CNC(=O)C1CCCN(C(=O)c2ccc(C)cc2)C1.Cl. The van der Waals surface area contributed by atoms with Crippen molar-refractivity contribution in [2.24, 2.45) is 11.7 Å². The number of aryl methyl sites for hydroxylation is 1. The molecule has 0 aromatic heterocycles. The number of nitrogens with zero attached hydrogens (tertiary/aromatic N) is 1. The highest BCUT2D eigenvalue weighted by Crippen LogP contribution is 2.20. The summed E-state index contributed by atoms with van der Waals surface area (Å²) in [7, 11) is 0. The standard InChI is InChI=1S/C20H31N3O2.ClH/c1-4-20(21,5-2)14-22-18(24)17-7-6-12-23(13-17)19(25)16-10-8-15(3)9-11-16;/h8-11,17H,4-7,12-14,21H2,1-3H3,(H,22,24);1H. The molecule has 26 heavy (non-hydrogen) atoms. The fraction of sp³-hybridized carbons (Fsp3) is 0.600. The minimum atomic E-state index is -0.346. The molecule has 3 N–H and O–H groups in total. The molecule has 5 nitrogen and oxygen atoms in total. The van der Waals surface area contributed by atoms with Gasteiger partial charge in [-0.15, -0.1) is 12.4 Å². The summed E-state index contributed by atoms with van der Waals surface area (Å²) in [5.41, 5.74) is 7.73. The molecule has 1 heterocycles. The highest BCUT2D eigenvalue weighted by molar-refractivity contribution is 5.94. The van der Waals surface area contributed by atoms with Gasteiger partial charge in [-0.05, 0) is 44.7 Å². The lowest BCUT2D eigenvalue weighted by Crippen LogP contribution is -2.52. The van der Waals surface area contributed by atoms with Crippen molar-refractivity contribution in [2.45, 2.75) is 52.0 Å². The molecule has 0 bridgehead atoms. The molecule has 1 aromatic rings. The molecule has 1 unspecified atom stereocenters. The zero-order valence-corrected chi connectivity index (χ0v) is 16.9. The van der Waals surface area contributed by atoms with E-state index in [0.717, 1.165) is 31.2 Å². The van der Waals surface area contributed by atoms with Crippen LogP contribution in [0.5, 0.6) is 0 Å². The Hall–Kier alpha value is -1.59. The number of hydrogen-bond donors (Lipinski definition) is 2. The van der Waals surface area contributed by atoms with Gasteiger partial charge in [0.05, 0.1) is 5.92 Å². The minimum absolute atomic E-state index is 0. The number of carbonyl (C=O) groups is 2. The smallest absolute Gasteiger partial charge is 0.253 e. The van der Waals surface area contributed by atoms with Crippen LogP contribution in [0.1, 0.15) is 55.5 Å². The molecule has 1 aromatic carbocycles. The molecule has 2 rings (SSSR count). The van der Waals surface area contributed by atoms with Gasteiger partial charge >= 0.3 is 0 Å². The lowest BCUT2D eigenvalue weighted by Gasteiger charge is -2.33. The van der Waals surface area contributed by atoms with Crippen molar-refractivity contribution in [3.8, 4) is 0 Å². The normalized spacial score (nSPS) is 17.4. The highest BCUT2D eigenvalue weighted by atomic mass is 35.5. The number of rotatable bonds is 6. The number of halogens is 1. The van der Waals surface area contributed by atoms with Crippen molar-refractivity contribution >= 4 is 24.2 Å². The van der Waals surface area contributed by atoms with Crippen LogP contribution < -0.4 is 11.1 Å². The molecular weight excluding hydrogens is 350 g/mol. The maximum Gasteiger partial charge on any atom is 0.253 e. The Bertz CT molecular complexity index is 600. The van der Waals surface area contributed by atoms with Gasteiger partial charge in [0.25, 0.3) is 5.91 Å². The predicted octanol–water partition coefficient (Wildman–Crippen LogP) is 2.90. The summed E-state index contributed by atoms with van der Waals surface area (Å²) in [5, 5.41) is 3.00. The molecular formula is C20H32ClN3O2. The Labute approximate surface area is 163 Å². The van der Waals surface area contributed by atoms with E-state index in [1.807, 2.05) is 45.0 Å². The molecule has 1 aliphatic rings. The van der Waals surface area contributed by atoms with Gasteiger partial charge in [0.1, 0.15) is 0 Å². The first-order chi connectivity index (χ1) is 11.9. The van der Waals surface area contributed by atoms with Gasteiger partial charge in [-0.2, -0.15) is 0 Å². The van der Waals surface area contributed by atoms with E-state index in [0.29, 0.717) is 25.2 Å². The van der Waals surface area contributed by atoms with Crippen LogP contribution in [-0.2, 0) is 4.79 Å². The Morgan fingerprint density at radius 3 is 2.42 bits per heavy atom. The van der Waals surface area contributed by atoms with Crippen LogP contribution in [0, 0.1) is 12.8 Å². The largest absolute Gasteiger partial charge is 0.354 e. The summed E-state index contributed by atoms with van der Waals surface area (Å²) < 4.78 is 0. The first-order valence-corrected chi connectivity index (χ1v) is 9.31. The third kappa shape index (κ3) is 5.71. The third-order valence-electron chi connectivity index (χ3n) is 5.40. The number of nitrogens with two attached hydrogens (primary N) is 1. The summed E-state index contributed by atoms with van der Waals surface area (Å²) in [6, 6.07) is 7.59. The number of likely N-dealkylation sites (tertiary alicyclic amines) is 1. The molecule has 1 saturated heterocycles. The van der Waals surface area contributed by atoms with Gasteiger partial charge in [0.2, 0.25) is 5.91 Å². The third-order valence-corrected chi connectivity index (χ3v) is 5.40. The van der Waals surface area contributed by atoms with Crippen molar-refractivity contribution in [1.29, 1.82) is 0 Å². The van der Waals surface area contributed by atoms with Crippen LogP contribution in [0.15, 0.2) is 24.3 Å². The molecule has 0 saturated carbocycles. The average molecular weight is 382 g/mol. The molecule has 1 fully saturated rings. The van der Waals surface area contributed by atoms with Gasteiger partial charge in [-0.25, -0.2) is 0 Å². The second-order valence-corrected chi connectivity index (χ2v) is 7.24. The average Bonchev–Trinajstić information content (AvgIpc) is 2.66. The van der Waals surface area contributed by atoms with Crippen LogP contribution in [0.2, 0.25) is 0 Å². The van der Waals surface area contributed by atoms with Gasteiger partial charge in [0, 0.05) is 30.7 Å². The Morgan fingerprint density at radius 1 is 1.23 bits per heavy atom. The highest BCUT2D eigenvalue weighted by Gasteiger charge is 2.30. The lowest BCUT2D eigenvalue weighted by atomic mass is 9.92. The number of benzene rings is 1. The van der Waals surface area contributed by atoms with Crippen LogP contribution in [-0.4, -0.2) is 41.9 Å².